The summed E-state index contributed by atoms with van der Waals surface area (Å²) < 4.78 is 5.32. The Labute approximate surface area is 210 Å². The minimum absolute atomic E-state index is 0.0417. The van der Waals surface area contributed by atoms with E-state index < -0.39 is 0 Å². The zero-order valence-corrected chi connectivity index (χ0v) is 20.7. The van der Waals surface area contributed by atoms with E-state index in [1.165, 1.54) is 0 Å². The van der Waals surface area contributed by atoms with Gasteiger partial charge in [-0.05, 0) is 72.5 Å². The largest absolute Gasteiger partial charge is 0.497 e. The van der Waals surface area contributed by atoms with Crippen LogP contribution in [0.2, 0.25) is 10.0 Å². The number of methoxy groups -OCH3 is 1. The van der Waals surface area contributed by atoms with Crippen molar-refractivity contribution < 1.29 is 14.3 Å². The van der Waals surface area contributed by atoms with E-state index in [4.69, 9.17) is 27.9 Å². The maximum Gasteiger partial charge on any atom is 0.220 e. The number of hydrogen-bond acceptors (Lipinski definition) is 3. The van der Waals surface area contributed by atoms with E-state index in [1.54, 1.807) is 19.2 Å². The summed E-state index contributed by atoms with van der Waals surface area (Å²) in [5.74, 6) is 0.592. The van der Waals surface area contributed by atoms with Gasteiger partial charge in [-0.1, -0.05) is 47.5 Å². The Morgan fingerprint density at radius 1 is 1.03 bits per heavy atom. The van der Waals surface area contributed by atoms with E-state index in [-0.39, 0.29) is 36.0 Å². The number of amides is 1. The molecule has 0 saturated carbocycles. The van der Waals surface area contributed by atoms with Crippen LogP contribution in [-0.4, -0.2) is 24.8 Å². The number of hydrogen-bond donors (Lipinski definition) is 1. The third-order valence-corrected chi connectivity index (χ3v) is 7.03. The van der Waals surface area contributed by atoms with Crippen molar-refractivity contribution >= 4 is 34.9 Å². The third kappa shape index (κ3) is 5.63. The van der Waals surface area contributed by atoms with Gasteiger partial charge in [-0.2, -0.15) is 0 Å². The van der Waals surface area contributed by atoms with Crippen LogP contribution in [0.15, 0.2) is 66.7 Å². The summed E-state index contributed by atoms with van der Waals surface area (Å²) in [4.78, 5) is 25.5. The Kier molecular flexibility index (Phi) is 7.60. The van der Waals surface area contributed by atoms with E-state index >= 15 is 0 Å². The number of Topliss-reactive ketones (excluding diaryl/α,β-unsaturated/α-hetero) is 1. The molecule has 3 atom stereocenters. The van der Waals surface area contributed by atoms with Gasteiger partial charge in [-0.15, -0.1) is 0 Å². The van der Waals surface area contributed by atoms with Gasteiger partial charge in [0.05, 0.1) is 7.11 Å². The van der Waals surface area contributed by atoms with Gasteiger partial charge >= 0.3 is 0 Å². The highest BCUT2D eigenvalue weighted by atomic mass is 35.5. The number of halogens is 2. The standard InChI is InChI=1S/C28H27Cl2NO3/c1-17(25(19-5-9-22(30)10-6-19)13-18-3-7-21(29)8-4-18)31-28(33)15-20-14-27(32)24-12-11-23(34-2)16-26(20)24/h3-12,16-17,20,25H,13-15H2,1-2H3,(H,31,33). The van der Waals surface area contributed by atoms with Gasteiger partial charge in [0.25, 0.3) is 0 Å². The molecular weight excluding hydrogens is 469 g/mol. The van der Waals surface area contributed by atoms with Crippen LogP contribution >= 0.6 is 23.2 Å². The highest BCUT2D eigenvalue weighted by Crippen LogP contribution is 2.37. The molecule has 0 heterocycles. The fraction of sp³-hybridized carbons (Fsp3) is 0.286. The van der Waals surface area contributed by atoms with Crippen LogP contribution in [0, 0.1) is 0 Å². The van der Waals surface area contributed by atoms with Gasteiger partial charge in [-0.25, -0.2) is 0 Å². The highest BCUT2D eigenvalue weighted by molar-refractivity contribution is 6.30. The molecule has 0 bridgehead atoms. The number of benzene rings is 3. The minimum atomic E-state index is -0.143. The number of rotatable bonds is 8. The fourth-order valence-corrected chi connectivity index (χ4v) is 4.94. The number of ether oxygens (including phenoxy) is 1. The Morgan fingerprint density at radius 2 is 1.68 bits per heavy atom. The molecule has 0 spiro atoms. The normalized spacial score (nSPS) is 16.6. The van der Waals surface area contributed by atoms with Crippen molar-refractivity contribution in [3.63, 3.8) is 0 Å². The molecule has 1 amide bonds. The van der Waals surface area contributed by atoms with E-state index in [9.17, 15) is 9.59 Å². The van der Waals surface area contributed by atoms with E-state index in [1.807, 2.05) is 61.5 Å². The van der Waals surface area contributed by atoms with Gasteiger partial charge in [0.1, 0.15) is 5.75 Å². The second-order valence-electron chi connectivity index (χ2n) is 8.83. The van der Waals surface area contributed by atoms with Crippen molar-refractivity contribution in [2.45, 2.75) is 44.1 Å². The van der Waals surface area contributed by atoms with Crippen molar-refractivity contribution in [3.05, 3.63) is 99.0 Å². The maximum absolute atomic E-state index is 13.1. The van der Waals surface area contributed by atoms with Crippen molar-refractivity contribution in [3.8, 4) is 5.75 Å². The molecule has 0 aliphatic heterocycles. The molecule has 0 fully saturated rings. The fourth-order valence-electron chi connectivity index (χ4n) is 4.69. The lowest BCUT2D eigenvalue weighted by Gasteiger charge is -2.26. The van der Waals surface area contributed by atoms with E-state index in [0.717, 1.165) is 23.1 Å². The van der Waals surface area contributed by atoms with Crippen molar-refractivity contribution in [2.24, 2.45) is 0 Å². The topological polar surface area (TPSA) is 55.4 Å². The van der Waals surface area contributed by atoms with Crippen LogP contribution in [0.5, 0.6) is 5.75 Å². The average molecular weight is 496 g/mol. The van der Waals surface area contributed by atoms with Crippen molar-refractivity contribution in [1.29, 1.82) is 0 Å². The predicted octanol–water partition coefficient (Wildman–Crippen LogP) is 6.59. The summed E-state index contributed by atoms with van der Waals surface area (Å²) >= 11 is 12.2. The zero-order chi connectivity index (χ0) is 24.2. The summed E-state index contributed by atoms with van der Waals surface area (Å²) in [6.07, 6.45) is 1.34. The molecule has 3 unspecified atom stereocenters. The van der Waals surface area contributed by atoms with Crippen LogP contribution in [0.1, 0.15) is 58.6 Å². The summed E-state index contributed by atoms with van der Waals surface area (Å²) in [6.45, 7) is 2.02. The van der Waals surface area contributed by atoms with Crippen LogP contribution in [0.3, 0.4) is 0 Å². The van der Waals surface area contributed by atoms with Crippen LogP contribution in [0.25, 0.3) is 0 Å². The molecule has 1 aliphatic carbocycles. The van der Waals surface area contributed by atoms with Crippen LogP contribution in [0.4, 0.5) is 0 Å². The second-order valence-corrected chi connectivity index (χ2v) is 9.70. The molecule has 1 N–H and O–H groups in total. The molecule has 1 aliphatic rings. The predicted molar refractivity (Wildman–Crippen MR) is 136 cm³/mol. The molecule has 3 aromatic rings. The first-order valence-corrected chi connectivity index (χ1v) is 12.1. The number of carbonyl (C=O) groups is 2. The molecule has 176 valence electrons. The van der Waals surface area contributed by atoms with Gasteiger partial charge in [0, 0.05) is 46.3 Å². The number of carbonyl (C=O) groups excluding carboxylic acids is 2. The lowest BCUT2D eigenvalue weighted by molar-refractivity contribution is -0.122. The number of ketones is 1. The lowest BCUT2D eigenvalue weighted by Crippen LogP contribution is -2.38. The van der Waals surface area contributed by atoms with E-state index in [2.05, 4.69) is 5.32 Å². The SMILES string of the molecule is COc1ccc2c(c1)C(CC(=O)NC(C)C(Cc1ccc(Cl)cc1)c1ccc(Cl)cc1)CC2=O. The Balaban J connectivity index is 1.49. The molecule has 4 nitrogen and oxygen atoms in total. The molecule has 3 aromatic carbocycles. The summed E-state index contributed by atoms with van der Waals surface area (Å²) in [6, 6.07) is 20.8. The van der Waals surface area contributed by atoms with Gasteiger partial charge < -0.3 is 10.1 Å². The summed E-state index contributed by atoms with van der Waals surface area (Å²) in [5.41, 5.74) is 3.81. The zero-order valence-electron chi connectivity index (χ0n) is 19.2. The average Bonchev–Trinajstić information content (AvgIpc) is 3.13. The second kappa shape index (κ2) is 10.6. The number of fused-ring (bicyclic) bond motifs is 1. The van der Waals surface area contributed by atoms with Crippen molar-refractivity contribution in [1.82, 2.24) is 5.32 Å². The summed E-state index contributed by atoms with van der Waals surface area (Å²) in [7, 11) is 1.60. The smallest absolute Gasteiger partial charge is 0.220 e. The van der Waals surface area contributed by atoms with Gasteiger partial charge in [0.15, 0.2) is 5.78 Å². The molecule has 6 heteroatoms. The number of nitrogens with one attached hydrogen (secondary N) is 1. The first kappa shape index (κ1) is 24.3. The minimum Gasteiger partial charge on any atom is -0.497 e. The Hall–Kier alpha value is -2.82. The van der Waals surface area contributed by atoms with Crippen molar-refractivity contribution in [2.75, 3.05) is 7.11 Å². The lowest BCUT2D eigenvalue weighted by atomic mass is 9.86. The molecule has 0 aromatic heterocycles. The molecule has 0 saturated heterocycles. The molecule has 34 heavy (non-hydrogen) atoms. The molecular formula is C28H27Cl2NO3. The van der Waals surface area contributed by atoms with Crippen LogP contribution < -0.4 is 10.1 Å². The maximum atomic E-state index is 13.1. The highest BCUT2D eigenvalue weighted by Gasteiger charge is 2.32. The summed E-state index contributed by atoms with van der Waals surface area (Å²) in [5, 5.41) is 4.55. The molecule has 0 radical (unpaired) electrons. The third-order valence-electron chi connectivity index (χ3n) is 6.52. The first-order valence-electron chi connectivity index (χ1n) is 11.3. The molecule has 4 rings (SSSR count). The Bertz CT molecular complexity index is 1180. The van der Waals surface area contributed by atoms with Crippen LogP contribution in [-0.2, 0) is 11.2 Å². The van der Waals surface area contributed by atoms with Gasteiger partial charge in [-0.3, -0.25) is 9.59 Å². The van der Waals surface area contributed by atoms with Gasteiger partial charge in [0.2, 0.25) is 5.91 Å². The quantitative estimate of drug-likeness (QED) is 0.383. The first-order chi connectivity index (χ1) is 16.3. The monoisotopic (exact) mass is 495 g/mol. The van der Waals surface area contributed by atoms with E-state index in [0.29, 0.717) is 27.8 Å². The Morgan fingerprint density at radius 3 is 2.32 bits per heavy atom.